The van der Waals surface area contributed by atoms with Gasteiger partial charge >= 0.3 is 0 Å². The maximum absolute atomic E-state index is 5.20. The molecule has 0 bridgehead atoms. The summed E-state index contributed by atoms with van der Waals surface area (Å²) < 4.78 is 5.20. The van der Waals surface area contributed by atoms with Gasteiger partial charge in [0.05, 0.1) is 0 Å². The minimum absolute atomic E-state index is 0.111. The molecule has 14 heavy (non-hydrogen) atoms. The highest BCUT2D eigenvalue weighted by molar-refractivity contribution is 7.11. The second-order valence-electron chi connectivity index (χ2n) is 3.22. The van der Waals surface area contributed by atoms with Crippen molar-refractivity contribution in [1.29, 1.82) is 0 Å². The number of hydrogen-bond acceptors (Lipinski definition) is 4. The maximum Gasteiger partial charge on any atom is 0.121 e. The highest BCUT2D eigenvalue weighted by Crippen LogP contribution is 2.21. The quantitative estimate of drug-likeness (QED) is 0.738. The van der Waals surface area contributed by atoms with Crippen LogP contribution < -0.4 is 5.32 Å². The molecule has 0 saturated carbocycles. The topological polar surface area (TPSA) is 34.2 Å². The van der Waals surface area contributed by atoms with Gasteiger partial charge in [0, 0.05) is 24.7 Å². The summed E-state index contributed by atoms with van der Waals surface area (Å²) in [4.78, 5) is 5.59. The second-order valence-corrected chi connectivity index (χ2v) is 4.37. The van der Waals surface area contributed by atoms with Gasteiger partial charge in [0.15, 0.2) is 0 Å². The molecule has 0 spiro atoms. The Labute approximate surface area is 89.5 Å². The van der Waals surface area contributed by atoms with Crippen molar-refractivity contribution in [2.75, 3.05) is 13.7 Å². The van der Waals surface area contributed by atoms with E-state index in [2.05, 4.69) is 17.2 Å². The number of rotatable bonds is 6. The van der Waals surface area contributed by atoms with E-state index in [9.17, 15) is 0 Å². The fraction of sp³-hybridized carbons (Fsp3) is 0.700. The van der Waals surface area contributed by atoms with Crippen LogP contribution in [0, 0.1) is 0 Å². The molecular formula is C10H18N2OS. The number of methoxy groups -OCH3 is 1. The Morgan fingerprint density at radius 3 is 3.07 bits per heavy atom. The summed E-state index contributed by atoms with van der Waals surface area (Å²) in [5.41, 5.74) is 0. The summed E-state index contributed by atoms with van der Waals surface area (Å²) >= 11 is 1.72. The van der Waals surface area contributed by atoms with Crippen LogP contribution in [0.2, 0.25) is 0 Å². The molecule has 1 aromatic rings. The van der Waals surface area contributed by atoms with Gasteiger partial charge in [-0.15, -0.1) is 11.3 Å². The average Bonchev–Trinajstić information content (AvgIpc) is 2.66. The van der Waals surface area contributed by atoms with Gasteiger partial charge in [-0.25, -0.2) is 4.98 Å². The molecule has 1 heterocycles. The molecule has 4 heteroatoms. The molecule has 1 unspecified atom stereocenters. The van der Waals surface area contributed by atoms with Crippen LogP contribution >= 0.6 is 11.3 Å². The molecule has 0 saturated heterocycles. The first-order chi connectivity index (χ1) is 6.77. The van der Waals surface area contributed by atoms with Crippen molar-refractivity contribution >= 4 is 11.3 Å². The molecule has 0 radical (unpaired) electrons. The molecule has 0 aromatic carbocycles. The van der Waals surface area contributed by atoms with Crippen LogP contribution in [0.15, 0.2) is 6.20 Å². The van der Waals surface area contributed by atoms with Gasteiger partial charge in [-0.1, -0.05) is 6.92 Å². The lowest BCUT2D eigenvalue weighted by molar-refractivity contribution is 0.119. The molecule has 80 valence electrons. The van der Waals surface area contributed by atoms with Crippen molar-refractivity contribution in [3.63, 3.8) is 0 Å². The normalized spacial score (nSPS) is 13.1. The standard InChI is InChI=1S/C10H18N2OS/c1-4-5-11-6-9-7-12-10(14-9)8(2)13-3/h7-8,11H,4-6H2,1-3H3. The fourth-order valence-electron chi connectivity index (χ4n) is 1.08. The molecule has 0 aliphatic carbocycles. The molecule has 1 atom stereocenters. The fourth-order valence-corrected chi connectivity index (χ4v) is 2.00. The van der Waals surface area contributed by atoms with Gasteiger partial charge < -0.3 is 10.1 Å². The minimum Gasteiger partial charge on any atom is -0.375 e. The SMILES string of the molecule is CCCNCc1cnc(C(C)OC)s1. The monoisotopic (exact) mass is 214 g/mol. The van der Waals surface area contributed by atoms with Crippen molar-refractivity contribution in [1.82, 2.24) is 10.3 Å². The van der Waals surface area contributed by atoms with Gasteiger partial charge in [-0.3, -0.25) is 0 Å². The Balaban J connectivity index is 2.42. The Kier molecular flexibility index (Phi) is 5.07. The van der Waals surface area contributed by atoms with Crippen LogP contribution in [0.3, 0.4) is 0 Å². The van der Waals surface area contributed by atoms with E-state index >= 15 is 0 Å². The number of nitrogens with one attached hydrogen (secondary N) is 1. The zero-order valence-corrected chi connectivity index (χ0v) is 9.86. The molecule has 3 nitrogen and oxygen atoms in total. The first-order valence-corrected chi connectivity index (χ1v) is 5.77. The molecule has 0 aliphatic rings. The van der Waals surface area contributed by atoms with Crippen molar-refractivity contribution in [3.8, 4) is 0 Å². The predicted molar refractivity (Wildman–Crippen MR) is 59.5 cm³/mol. The molecule has 1 rings (SSSR count). The number of thiazole rings is 1. The summed E-state index contributed by atoms with van der Waals surface area (Å²) in [5, 5.41) is 4.41. The van der Waals surface area contributed by atoms with E-state index in [0.717, 1.165) is 18.1 Å². The zero-order valence-electron chi connectivity index (χ0n) is 9.04. The van der Waals surface area contributed by atoms with E-state index < -0.39 is 0 Å². The predicted octanol–water partition coefficient (Wildman–Crippen LogP) is 2.35. The Hall–Kier alpha value is -0.450. The van der Waals surface area contributed by atoms with Crippen LogP contribution in [-0.4, -0.2) is 18.6 Å². The summed E-state index contributed by atoms with van der Waals surface area (Å²) in [5.74, 6) is 0. The Morgan fingerprint density at radius 1 is 1.64 bits per heavy atom. The molecule has 1 aromatic heterocycles. The number of ether oxygens (including phenoxy) is 1. The van der Waals surface area contributed by atoms with Crippen LogP contribution in [0.1, 0.15) is 36.3 Å². The van der Waals surface area contributed by atoms with E-state index in [1.54, 1.807) is 18.4 Å². The zero-order chi connectivity index (χ0) is 10.4. The lowest BCUT2D eigenvalue weighted by Gasteiger charge is -2.03. The van der Waals surface area contributed by atoms with E-state index in [1.165, 1.54) is 11.3 Å². The minimum atomic E-state index is 0.111. The summed E-state index contributed by atoms with van der Waals surface area (Å²) in [7, 11) is 1.71. The van der Waals surface area contributed by atoms with Gasteiger partial charge in [0.2, 0.25) is 0 Å². The second kappa shape index (κ2) is 6.11. The van der Waals surface area contributed by atoms with Crippen molar-refractivity contribution in [2.45, 2.75) is 32.9 Å². The summed E-state index contributed by atoms with van der Waals surface area (Å²) in [6.45, 7) is 6.16. The van der Waals surface area contributed by atoms with Crippen molar-refractivity contribution in [2.24, 2.45) is 0 Å². The van der Waals surface area contributed by atoms with Crippen LogP contribution in [-0.2, 0) is 11.3 Å². The van der Waals surface area contributed by atoms with Gasteiger partial charge in [-0.2, -0.15) is 0 Å². The van der Waals surface area contributed by atoms with E-state index in [4.69, 9.17) is 4.74 Å². The van der Waals surface area contributed by atoms with Crippen LogP contribution in [0.25, 0.3) is 0 Å². The van der Waals surface area contributed by atoms with Crippen molar-refractivity contribution < 1.29 is 4.74 Å². The Bertz CT molecular complexity index is 262. The Morgan fingerprint density at radius 2 is 2.43 bits per heavy atom. The first kappa shape index (κ1) is 11.6. The molecule has 1 N–H and O–H groups in total. The summed E-state index contributed by atoms with van der Waals surface area (Å²) in [6, 6.07) is 0. The highest BCUT2D eigenvalue weighted by atomic mass is 32.1. The molecule has 0 aliphatic heterocycles. The molecule has 0 fully saturated rings. The van der Waals surface area contributed by atoms with Crippen LogP contribution in [0.5, 0.6) is 0 Å². The first-order valence-electron chi connectivity index (χ1n) is 4.96. The number of hydrogen-bond donors (Lipinski definition) is 1. The number of aromatic nitrogens is 1. The van der Waals surface area contributed by atoms with E-state index in [1.807, 2.05) is 13.1 Å². The third kappa shape index (κ3) is 3.36. The third-order valence-corrected chi connectivity index (χ3v) is 3.16. The maximum atomic E-state index is 5.20. The van der Waals surface area contributed by atoms with Gasteiger partial charge in [-0.05, 0) is 19.9 Å². The lowest BCUT2D eigenvalue weighted by Crippen LogP contribution is -2.12. The largest absolute Gasteiger partial charge is 0.375 e. The number of nitrogens with zero attached hydrogens (tertiary/aromatic N) is 1. The third-order valence-electron chi connectivity index (χ3n) is 2.00. The molecule has 0 amide bonds. The highest BCUT2D eigenvalue weighted by Gasteiger charge is 2.08. The van der Waals surface area contributed by atoms with Gasteiger partial charge in [0.25, 0.3) is 0 Å². The summed E-state index contributed by atoms with van der Waals surface area (Å²) in [6.07, 6.45) is 3.21. The van der Waals surface area contributed by atoms with Crippen molar-refractivity contribution in [3.05, 3.63) is 16.1 Å². The van der Waals surface area contributed by atoms with Gasteiger partial charge in [0.1, 0.15) is 11.1 Å². The average molecular weight is 214 g/mol. The smallest absolute Gasteiger partial charge is 0.121 e. The van der Waals surface area contributed by atoms with E-state index in [0.29, 0.717) is 0 Å². The molecular weight excluding hydrogens is 196 g/mol. The van der Waals surface area contributed by atoms with E-state index in [-0.39, 0.29) is 6.10 Å². The lowest BCUT2D eigenvalue weighted by atomic mass is 10.4. The van der Waals surface area contributed by atoms with Crippen LogP contribution in [0.4, 0.5) is 0 Å².